The summed E-state index contributed by atoms with van der Waals surface area (Å²) >= 11 is 0. The third-order valence-electron chi connectivity index (χ3n) is 2.15. The number of nitrogens with one attached hydrogen (secondary N) is 1. The molecule has 0 saturated heterocycles. The van der Waals surface area contributed by atoms with E-state index in [1.165, 1.54) is 0 Å². The van der Waals surface area contributed by atoms with Crippen molar-refractivity contribution in [2.75, 3.05) is 0 Å². The van der Waals surface area contributed by atoms with E-state index >= 15 is 0 Å². The smallest absolute Gasteiger partial charge is 0.408 e. The fraction of sp³-hybridized carbons (Fsp3) is 0.692. The van der Waals surface area contributed by atoms with Gasteiger partial charge in [0.05, 0.1) is 11.6 Å². The molecule has 0 rings (SSSR count). The van der Waals surface area contributed by atoms with Gasteiger partial charge in [0.1, 0.15) is 5.60 Å². The van der Waals surface area contributed by atoms with Crippen LogP contribution in [-0.4, -0.2) is 28.8 Å². The maximum absolute atomic E-state index is 11.7. The molecule has 0 heterocycles. The summed E-state index contributed by atoms with van der Waals surface area (Å²) in [5.74, 6) is -1.13. The zero-order chi connectivity index (χ0) is 14.7. The number of rotatable bonds is 3. The molecule has 0 aliphatic rings. The van der Waals surface area contributed by atoms with Crippen LogP contribution in [0.25, 0.3) is 0 Å². The number of aliphatic carboxylic acids is 1. The van der Waals surface area contributed by atoms with Gasteiger partial charge in [0.15, 0.2) is 0 Å². The van der Waals surface area contributed by atoms with E-state index in [4.69, 9.17) is 9.84 Å². The standard InChI is InChI=1S/C13H23NO4/c1-8(10(15)16)9(12(2,3)4)14-11(17)18-13(5,6)7/h9H,1H2,2-7H3,(H,14,17)(H,15,16). The van der Waals surface area contributed by atoms with Crippen LogP contribution in [0.15, 0.2) is 12.2 Å². The average molecular weight is 257 g/mol. The predicted octanol–water partition coefficient (Wildman–Crippen LogP) is 2.57. The summed E-state index contributed by atoms with van der Waals surface area (Å²) in [7, 11) is 0. The Kier molecular flexibility index (Phi) is 4.96. The van der Waals surface area contributed by atoms with Gasteiger partial charge in [-0.3, -0.25) is 0 Å². The largest absolute Gasteiger partial charge is 0.478 e. The molecule has 0 aliphatic carbocycles. The van der Waals surface area contributed by atoms with Crippen LogP contribution in [-0.2, 0) is 9.53 Å². The molecule has 104 valence electrons. The first kappa shape index (κ1) is 16.5. The second-order valence-corrected chi connectivity index (χ2v) is 6.28. The van der Waals surface area contributed by atoms with Crippen LogP contribution < -0.4 is 5.32 Å². The highest BCUT2D eigenvalue weighted by Gasteiger charge is 2.33. The minimum absolute atomic E-state index is 0.0617. The quantitative estimate of drug-likeness (QED) is 0.762. The van der Waals surface area contributed by atoms with Crippen LogP contribution >= 0.6 is 0 Å². The lowest BCUT2D eigenvalue weighted by molar-refractivity contribution is -0.133. The molecule has 0 radical (unpaired) electrons. The number of carbonyl (C=O) groups excluding carboxylic acids is 1. The fourth-order valence-electron chi connectivity index (χ4n) is 1.38. The molecule has 0 aromatic rings. The first-order chi connectivity index (χ1) is 7.84. The van der Waals surface area contributed by atoms with Crippen LogP contribution in [0.3, 0.4) is 0 Å². The van der Waals surface area contributed by atoms with Crippen LogP contribution in [0, 0.1) is 5.41 Å². The van der Waals surface area contributed by atoms with Crippen molar-refractivity contribution < 1.29 is 19.4 Å². The van der Waals surface area contributed by atoms with Gasteiger partial charge in [-0.15, -0.1) is 0 Å². The Bertz CT molecular complexity index is 347. The second kappa shape index (κ2) is 5.42. The van der Waals surface area contributed by atoms with Gasteiger partial charge in [0, 0.05) is 0 Å². The first-order valence-electron chi connectivity index (χ1n) is 5.76. The lowest BCUT2D eigenvalue weighted by Crippen LogP contribution is -2.48. The van der Waals surface area contributed by atoms with Gasteiger partial charge < -0.3 is 15.2 Å². The number of carbonyl (C=O) groups is 2. The number of alkyl carbamates (subject to hydrolysis) is 1. The molecule has 0 aliphatic heterocycles. The molecule has 18 heavy (non-hydrogen) atoms. The highest BCUT2D eigenvalue weighted by atomic mass is 16.6. The Labute approximate surface area is 108 Å². The summed E-state index contributed by atoms with van der Waals surface area (Å²) in [4.78, 5) is 22.6. The van der Waals surface area contributed by atoms with Gasteiger partial charge in [-0.1, -0.05) is 27.4 Å². The van der Waals surface area contributed by atoms with E-state index in [0.29, 0.717) is 0 Å². The molecule has 0 fully saturated rings. The Morgan fingerprint density at radius 1 is 1.17 bits per heavy atom. The molecule has 0 aromatic carbocycles. The lowest BCUT2D eigenvalue weighted by Gasteiger charge is -2.32. The molecule has 2 N–H and O–H groups in total. The summed E-state index contributed by atoms with van der Waals surface area (Å²) in [6, 6.07) is -0.690. The van der Waals surface area contributed by atoms with Crippen molar-refractivity contribution in [2.24, 2.45) is 5.41 Å². The molecule has 1 unspecified atom stereocenters. The summed E-state index contributed by atoms with van der Waals surface area (Å²) in [6.07, 6.45) is -0.648. The molecular weight excluding hydrogens is 234 g/mol. The SMILES string of the molecule is C=C(C(=O)O)C(NC(=O)OC(C)(C)C)C(C)(C)C. The van der Waals surface area contributed by atoms with E-state index in [0.717, 1.165) is 0 Å². The van der Waals surface area contributed by atoms with E-state index < -0.39 is 29.1 Å². The topological polar surface area (TPSA) is 75.6 Å². The van der Waals surface area contributed by atoms with E-state index in [1.54, 1.807) is 20.8 Å². The highest BCUT2D eigenvalue weighted by Crippen LogP contribution is 2.25. The van der Waals surface area contributed by atoms with Crippen molar-refractivity contribution in [1.82, 2.24) is 5.32 Å². The molecule has 0 spiro atoms. The Morgan fingerprint density at radius 3 is 1.89 bits per heavy atom. The average Bonchev–Trinajstić information content (AvgIpc) is 2.08. The first-order valence-corrected chi connectivity index (χ1v) is 5.76. The number of ether oxygens (including phenoxy) is 1. The molecule has 1 amide bonds. The number of carboxylic acid groups (broad SMARTS) is 1. The van der Waals surface area contributed by atoms with Crippen molar-refractivity contribution in [2.45, 2.75) is 53.2 Å². The van der Waals surface area contributed by atoms with Crippen LogP contribution in [0.1, 0.15) is 41.5 Å². The fourth-order valence-corrected chi connectivity index (χ4v) is 1.38. The Hall–Kier alpha value is -1.52. The summed E-state index contributed by atoms with van der Waals surface area (Å²) < 4.78 is 5.11. The van der Waals surface area contributed by atoms with Crippen molar-refractivity contribution >= 4 is 12.1 Å². The molecule has 1 atom stereocenters. The molecule has 0 bridgehead atoms. The van der Waals surface area contributed by atoms with Gasteiger partial charge in [-0.2, -0.15) is 0 Å². The van der Waals surface area contributed by atoms with Gasteiger partial charge in [-0.25, -0.2) is 9.59 Å². The number of carboxylic acids is 1. The highest BCUT2D eigenvalue weighted by molar-refractivity contribution is 5.88. The van der Waals surface area contributed by atoms with Gasteiger partial charge >= 0.3 is 12.1 Å². The minimum atomic E-state index is -1.13. The molecule has 5 nitrogen and oxygen atoms in total. The van der Waals surface area contributed by atoms with Crippen LogP contribution in [0.2, 0.25) is 0 Å². The number of amides is 1. The van der Waals surface area contributed by atoms with Crippen LogP contribution in [0.4, 0.5) is 4.79 Å². The van der Waals surface area contributed by atoms with E-state index in [9.17, 15) is 9.59 Å². The third kappa shape index (κ3) is 5.70. The van der Waals surface area contributed by atoms with E-state index in [1.807, 2.05) is 20.8 Å². The maximum Gasteiger partial charge on any atom is 0.408 e. The molecular formula is C13H23NO4. The zero-order valence-electron chi connectivity index (χ0n) is 12.0. The van der Waals surface area contributed by atoms with Crippen molar-refractivity contribution in [3.63, 3.8) is 0 Å². The molecule has 5 heteroatoms. The monoisotopic (exact) mass is 257 g/mol. The normalized spacial score (nSPS) is 13.7. The van der Waals surface area contributed by atoms with Gasteiger partial charge in [-0.05, 0) is 26.2 Å². The summed E-state index contributed by atoms with van der Waals surface area (Å²) in [5.41, 5.74) is -1.16. The van der Waals surface area contributed by atoms with E-state index in [-0.39, 0.29) is 5.57 Å². The predicted molar refractivity (Wildman–Crippen MR) is 69.4 cm³/mol. The lowest BCUT2D eigenvalue weighted by atomic mass is 9.82. The summed E-state index contributed by atoms with van der Waals surface area (Å²) in [6.45, 7) is 14.2. The van der Waals surface area contributed by atoms with Gasteiger partial charge in [0.25, 0.3) is 0 Å². The van der Waals surface area contributed by atoms with Crippen molar-refractivity contribution in [3.05, 3.63) is 12.2 Å². The number of hydrogen-bond acceptors (Lipinski definition) is 3. The maximum atomic E-state index is 11.7. The minimum Gasteiger partial charge on any atom is -0.478 e. The zero-order valence-corrected chi connectivity index (χ0v) is 12.0. The molecule has 0 saturated carbocycles. The van der Waals surface area contributed by atoms with E-state index in [2.05, 4.69) is 11.9 Å². The second-order valence-electron chi connectivity index (χ2n) is 6.28. The third-order valence-corrected chi connectivity index (χ3v) is 2.15. The van der Waals surface area contributed by atoms with Gasteiger partial charge in [0.2, 0.25) is 0 Å². The Balaban J connectivity index is 4.89. The van der Waals surface area contributed by atoms with Crippen molar-refractivity contribution in [1.29, 1.82) is 0 Å². The Morgan fingerprint density at radius 2 is 1.61 bits per heavy atom. The summed E-state index contributed by atoms with van der Waals surface area (Å²) in [5, 5.41) is 11.5. The van der Waals surface area contributed by atoms with Crippen LogP contribution in [0.5, 0.6) is 0 Å². The number of hydrogen-bond donors (Lipinski definition) is 2. The van der Waals surface area contributed by atoms with Crippen molar-refractivity contribution in [3.8, 4) is 0 Å². The molecule has 0 aromatic heterocycles.